The highest BCUT2D eigenvalue weighted by Gasteiger charge is 2.21. The number of rotatable bonds is 9. The molecule has 0 aliphatic carbocycles. The fraction of sp³-hybridized carbons (Fsp3) is 0.261. The molecule has 8 nitrogen and oxygen atoms in total. The van der Waals surface area contributed by atoms with Gasteiger partial charge in [0, 0.05) is 10.9 Å². The Morgan fingerprint density at radius 2 is 1.78 bits per heavy atom. The summed E-state index contributed by atoms with van der Waals surface area (Å²) in [6.45, 7) is 2.29. The molecule has 9 heteroatoms. The lowest BCUT2D eigenvalue weighted by Crippen LogP contribution is -2.27. The molecular weight excluding hydrogens is 430 g/mol. The number of carbonyl (C=O) groups is 1. The van der Waals surface area contributed by atoms with Crippen LogP contribution in [-0.4, -0.2) is 32.2 Å². The molecule has 0 radical (unpaired) electrons. The van der Waals surface area contributed by atoms with Gasteiger partial charge in [0.25, 0.3) is 5.91 Å². The van der Waals surface area contributed by atoms with Crippen LogP contribution in [0.3, 0.4) is 0 Å². The van der Waals surface area contributed by atoms with Gasteiger partial charge in [-0.1, -0.05) is 0 Å². The van der Waals surface area contributed by atoms with Crippen molar-refractivity contribution in [3.8, 4) is 29.1 Å². The number of nitriles is 1. The van der Waals surface area contributed by atoms with Crippen molar-refractivity contribution in [3.63, 3.8) is 0 Å². The van der Waals surface area contributed by atoms with E-state index < -0.39 is 11.9 Å². The van der Waals surface area contributed by atoms with E-state index in [1.807, 2.05) is 12.3 Å². The topological polar surface area (TPSA) is 103 Å². The largest absolute Gasteiger partial charge is 0.493 e. The molecular formula is C23H23N3O5S. The normalized spacial score (nSPS) is 11.2. The summed E-state index contributed by atoms with van der Waals surface area (Å²) in [5.74, 6) is 1.42. The predicted molar refractivity (Wildman–Crippen MR) is 120 cm³/mol. The Morgan fingerprint density at radius 1 is 1.12 bits per heavy atom. The van der Waals surface area contributed by atoms with Gasteiger partial charge in [0.05, 0.1) is 38.1 Å². The summed E-state index contributed by atoms with van der Waals surface area (Å²) in [5, 5.41) is 15.3. The molecule has 1 heterocycles. The number of thiazole rings is 1. The molecule has 0 aliphatic rings. The fourth-order valence-electron chi connectivity index (χ4n) is 3.01. The maximum Gasteiger partial charge on any atom is 0.252 e. The van der Waals surface area contributed by atoms with E-state index in [1.165, 1.54) is 21.3 Å². The van der Waals surface area contributed by atoms with Crippen LogP contribution >= 0.6 is 11.3 Å². The van der Waals surface area contributed by atoms with E-state index in [0.29, 0.717) is 40.7 Å². The third-order valence-electron chi connectivity index (χ3n) is 4.59. The van der Waals surface area contributed by atoms with Gasteiger partial charge >= 0.3 is 0 Å². The number of nitrogens with zero attached hydrogens (tertiary/aromatic N) is 2. The molecule has 1 atom stereocenters. The molecule has 1 N–H and O–H groups in total. The van der Waals surface area contributed by atoms with E-state index in [1.54, 1.807) is 47.7 Å². The summed E-state index contributed by atoms with van der Waals surface area (Å²) in [6, 6.07) is 11.1. The predicted octanol–water partition coefficient (Wildman–Crippen LogP) is 4.05. The van der Waals surface area contributed by atoms with Crippen LogP contribution in [0, 0.1) is 18.3 Å². The van der Waals surface area contributed by atoms with Crippen molar-refractivity contribution >= 4 is 17.2 Å². The second-order valence-corrected chi connectivity index (χ2v) is 7.73. The number of methoxy groups -OCH3 is 3. The van der Waals surface area contributed by atoms with Gasteiger partial charge in [-0.15, -0.1) is 11.3 Å². The van der Waals surface area contributed by atoms with Gasteiger partial charge in [0.15, 0.2) is 11.5 Å². The number of benzene rings is 2. The summed E-state index contributed by atoms with van der Waals surface area (Å²) < 4.78 is 21.7. The molecule has 0 fully saturated rings. The summed E-state index contributed by atoms with van der Waals surface area (Å²) in [4.78, 5) is 17.1. The Kier molecular flexibility index (Phi) is 7.52. The standard InChI is InChI=1S/C23H23N3O5S/c1-14-25-17(13-32-14)12-31-18-7-5-15(6-8-18)23(27)26-19(11-24)16-9-20(28-2)22(30-4)21(10-16)29-3/h5-10,13,19H,12H2,1-4H3,(H,26,27). The quantitative estimate of drug-likeness (QED) is 0.521. The third-order valence-corrected chi connectivity index (χ3v) is 5.42. The SMILES string of the molecule is COc1cc(C(C#N)NC(=O)c2ccc(OCc3csc(C)n3)cc2)cc(OC)c1OC. The molecule has 0 bridgehead atoms. The monoisotopic (exact) mass is 453 g/mol. The third kappa shape index (κ3) is 5.28. The van der Waals surface area contributed by atoms with Crippen LogP contribution in [0.25, 0.3) is 0 Å². The van der Waals surface area contributed by atoms with Gasteiger partial charge in [-0.05, 0) is 48.9 Å². The number of carbonyl (C=O) groups excluding carboxylic acids is 1. The molecule has 32 heavy (non-hydrogen) atoms. The first-order chi connectivity index (χ1) is 15.5. The van der Waals surface area contributed by atoms with Crippen LogP contribution in [-0.2, 0) is 6.61 Å². The van der Waals surface area contributed by atoms with E-state index >= 15 is 0 Å². The highest BCUT2D eigenvalue weighted by atomic mass is 32.1. The van der Waals surface area contributed by atoms with Crippen molar-refractivity contribution in [1.29, 1.82) is 5.26 Å². The number of aryl methyl sites for hydroxylation is 1. The van der Waals surface area contributed by atoms with E-state index in [0.717, 1.165) is 10.7 Å². The molecule has 166 valence electrons. The number of ether oxygens (including phenoxy) is 4. The van der Waals surface area contributed by atoms with Gasteiger partial charge in [0.2, 0.25) is 5.75 Å². The zero-order valence-corrected chi connectivity index (χ0v) is 19.0. The van der Waals surface area contributed by atoms with Gasteiger partial charge in [0.1, 0.15) is 18.4 Å². The average Bonchev–Trinajstić information content (AvgIpc) is 3.25. The molecule has 1 amide bonds. The zero-order valence-electron chi connectivity index (χ0n) is 18.2. The molecule has 0 spiro atoms. The fourth-order valence-corrected chi connectivity index (χ4v) is 3.60. The smallest absolute Gasteiger partial charge is 0.252 e. The zero-order chi connectivity index (χ0) is 23.1. The van der Waals surface area contributed by atoms with Crippen LogP contribution in [0.5, 0.6) is 23.0 Å². The van der Waals surface area contributed by atoms with Crippen LogP contribution in [0.4, 0.5) is 0 Å². The molecule has 0 saturated heterocycles. The molecule has 1 aromatic heterocycles. The van der Waals surface area contributed by atoms with Crippen molar-refractivity contribution in [1.82, 2.24) is 10.3 Å². The summed E-state index contributed by atoms with van der Waals surface area (Å²) in [7, 11) is 4.47. The van der Waals surface area contributed by atoms with Gasteiger partial charge in [-0.3, -0.25) is 4.79 Å². The highest BCUT2D eigenvalue weighted by molar-refractivity contribution is 7.09. The number of aromatic nitrogens is 1. The number of nitrogens with one attached hydrogen (secondary N) is 1. The minimum absolute atomic E-state index is 0.355. The average molecular weight is 454 g/mol. The Balaban J connectivity index is 1.70. The number of hydrogen-bond acceptors (Lipinski definition) is 8. The molecule has 0 aliphatic heterocycles. The van der Waals surface area contributed by atoms with E-state index in [-0.39, 0.29) is 0 Å². The summed E-state index contributed by atoms with van der Waals surface area (Å²) >= 11 is 1.57. The minimum atomic E-state index is -0.917. The minimum Gasteiger partial charge on any atom is -0.493 e. The van der Waals surface area contributed by atoms with Crippen molar-refractivity contribution in [3.05, 3.63) is 63.6 Å². The van der Waals surface area contributed by atoms with Crippen molar-refractivity contribution < 1.29 is 23.7 Å². The van der Waals surface area contributed by atoms with Crippen molar-refractivity contribution in [2.75, 3.05) is 21.3 Å². The first kappa shape index (κ1) is 22.9. The summed E-state index contributed by atoms with van der Waals surface area (Å²) in [6.07, 6.45) is 0. The maximum absolute atomic E-state index is 12.7. The number of amides is 1. The lowest BCUT2D eigenvalue weighted by molar-refractivity contribution is 0.0945. The highest BCUT2D eigenvalue weighted by Crippen LogP contribution is 2.39. The van der Waals surface area contributed by atoms with E-state index in [2.05, 4.69) is 16.4 Å². The lowest BCUT2D eigenvalue weighted by Gasteiger charge is -2.17. The van der Waals surface area contributed by atoms with Gasteiger partial charge < -0.3 is 24.3 Å². The molecule has 2 aromatic carbocycles. The van der Waals surface area contributed by atoms with Crippen LogP contribution in [0.2, 0.25) is 0 Å². The first-order valence-electron chi connectivity index (χ1n) is 9.63. The van der Waals surface area contributed by atoms with Crippen LogP contribution in [0.15, 0.2) is 41.8 Å². The van der Waals surface area contributed by atoms with Gasteiger partial charge in [-0.25, -0.2) is 4.98 Å². The molecule has 3 rings (SSSR count). The van der Waals surface area contributed by atoms with Gasteiger partial charge in [-0.2, -0.15) is 5.26 Å². The van der Waals surface area contributed by atoms with Crippen molar-refractivity contribution in [2.24, 2.45) is 0 Å². The van der Waals surface area contributed by atoms with E-state index in [9.17, 15) is 10.1 Å². The number of hydrogen-bond donors (Lipinski definition) is 1. The Hall–Kier alpha value is -3.77. The molecule has 0 saturated carbocycles. The molecule has 3 aromatic rings. The Morgan fingerprint density at radius 3 is 2.28 bits per heavy atom. The lowest BCUT2D eigenvalue weighted by atomic mass is 10.1. The second kappa shape index (κ2) is 10.5. The first-order valence-corrected chi connectivity index (χ1v) is 10.5. The van der Waals surface area contributed by atoms with Crippen LogP contribution in [0.1, 0.15) is 32.7 Å². The van der Waals surface area contributed by atoms with Crippen LogP contribution < -0.4 is 24.3 Å². The Labute approximate surface area is 190 Å². The molecule has 1 unspecified atom stereocenters. The van der Waals surface area contributed by atoms with E-state index in [4.69, 9.17) is 18.9 Å². The van der Waals surface area contributed by atoms with Crippen molar-refractivity contribution in [2.45, 2.75) is 19.6 Å². The Bertz CT molecular complexity index is 1100. The summed E-state index contributed by atoms with van der Waals surface area (Å²) in [5.41, 5.74) is 1.76. The second-order valence-electron chi connectivity index (χ2n) is 6.67. The maximum atomic E-state index is 12.7.